The van der Waals surface area contributed by atoms with Crippen molar-refractivity contribution in [1.82, 2.24) is 14.5 Å². The van der Waals surface area contributed by atoms with Crippen LogP contribution in [0.3, 0.4) is 0 Å². The fourth-order valence-corrected chi connectivity index (χ4v) is 5.37. The molecule has 0 saturated carbocycles. The Kier molecular flexibility index (Phi) is 5.02. The average molecular weight is 381 g/mol. The van der Waals surface area contributed by atoms with Gasteiger partial charge < -0.3 is 10.2 Å². The summed E-state index contributed by atoms with van der Waals surface area (Å²) in [5.41, 5.74) is 1.08. The third-order valence-corrected chi connectivity index (χ3v) is 6.98. The number of benzene rings is 1. The zero-order chi connectivity index (χ0) is 18.0. The summed E-state index contributed by atoms with van der Waals surface area (Å²) >= 11 is 0.863. The van der Waals surface area contributed by atoms with E-state index in [1.165, 1.54) is 11.2 Å². The fraction of sp³-hybridized carbons (Fsp3) is 0.400. The van der Waals surface area contributed by atoms with E-state index in [0.717, 1.165) is 17.0 Å². The highest BCUT2D eigenvalue weighted by atomic mass is 32.2. The second-order valence-electron chi connectivity index (χ2n) is 5.80. The van der Waals surface area contributed by atoms with Crippen molar-refractivity contribution in [3.63, 3.8) is 0 Å². The molecule has 1 aliphatic heterocycles. The molecule has 1 aromatic carbocycles. The van der Waals surface area contributed by atoms with Gasteiger partial charge in [-0.2, -0.15) is 4.31 Å². The molecule has 0 spiro atoms. The molecular weight excluding hydrogens is 362 g/mol. The van der Waals surface area contributed by atoms with E-state index in [2.05, 4.69) is 20.4 Å². The number of nitrogens with one attached hydrogen (secondary N) is 1. The monoisotopic (exact) mass is 381 g/mol. The van der Waals surface area contributed by atoms with Crippen LogP contribution in [0.4, 0.5) is 10.8 Å². The number of piperazine rings is 1. The third kappa shape index (κ3) is 3.80. The van der Waals surface area contributed by atoms with Gasteiger partial charge in [0.2, 0.25) is 15.4 Å². The summed E-state index contributed by atoms with van der Waals surface area (Å²) in [6, 6.07) is 9.97. The lowest BCUT2D eigenvalue weighted by Crippen LogP contribution is -2.53. The second-order valence-corrected chi connectivity index (χ2v) is 8.88. The number of hydrogen-bond acceptors (Lipinski definition) is 7. The highest BCUT2D eigenvalue weighted by Gasteiger charge is 2.34. The second kappa shape index (κ2) is 7.06. The molecule has 1 fully saturated rings. The number of carbonyl (C=O) groups is 1. The Hall–Kier alpha value is -2.04. The van der Waals surface area contributed by atoms with Gasteiger partial charge in [0.1, 0.15) is 0 Å². The molecule has 1 unspecified atom stereocenters. The maximum Gasteiger partial charge on any atom is 0.272 e. The van der Waals surface area contributed by atoms with E-state index in [9.17, 15) is 13.2 Å². The predicted octanol–water partition coefficient (Wildman–Crippen LogP) is 1.40. The van der Waals surface area contributed by atoms with Gasteiger partial charge in [-0.25, -0.2) is 8.42 Å². The first-order valence-electron chi connectivity index (χ1n) is 7.81. The highest BCUT2D eigenvalue weighted by molar-refractivity contribution is 7.91. The van der Waals surface area contributed by atoms with Crippen LogP contribution in [0, 0.1) is 0 Å². The molecule has 2 aromatic rings. The molecule has 1 aliphatic rings. The van der Waals surface area contributed by atoms with Crippen molar-refractivity contribution in [2.24, 2.45) is 0 Å². The molecule has 134 valence electrons. The summed E-state index contributed by atoms with van der Waals surface area (Å²) in [4.78, 5) is 13.2. The van der Waals surface area contributed by atoms with E-state index in [-0.39, 0.29) is 21.4 Å². The molecule has 1 aromatic heterocycles. The molecule has 0 aliphatic carbocycles. The van der Waals surface area contributed by atoms with Gasteiger partial charge in [0, 0.05) is 38.3 Å². The molecule has 25 heavy (non-hydrogen) atoms. The Morgan fingerprint density at radius 3 is 2.60 bits per heavy atom. The van der Waals surface area contributed by atoms with Crippen LogP contribution >= 0.6 is 11.3 Å². The SMILES string of the molecule is CC(=O)Nc1nnc(S(=O)(=O)N2CCN(c3ccccc3)C(C)C2)s1. The number of rotatable bonds is 4. The van der Waals surface area contributed by atoms with Crippen LogP contribution in [-0.2, 0) is 14.8 Å². The van der Waals surface area contributed by atoms with Crippen LogP contribution in [0.15, 0.2) is 34.7 Å². The minimum Gasteiger partial charge on any atom is -0.366 e. The third-order valence-electron chi connectivity index (χ3n) is 3.93. The average Bonchev–Trinajstić information content (AvgIpc) is 3.04. The first-order valence-corrected chi connectivity index (χ1v) is 10.1. The number of aromatic nitrogens is 2. The molecular formula is C15H19N5O3S2. The number of sulfonamides is 1. The van der Waals surface area contributed by atoms with Crippen LogP contribution in [0.5, 0.6) is 0 Å². The highest BCUT2D eigenvalue weighted by Crippen LogP contribution is 2.27. The predicted molar refractivity (Wildman–Crippen MR) is 96.2 cm³/mol. The van der Waals surface area contributed by atoms with Gasteiger partial charge in [0.15, 0.2) is 0 Å². The molecule has 10 heteroatoms. The number of hydrogen-bond donors (Lipinski definition) is 1. The van der Waals surface area contributed by atoms with Crippen molar-refractivity contribution >= 4 is 38.1 Å². The van der Waals surface area contributed by atoms with Gasteiger partial charge >= 0.3 is 0 Å². The normalized spacial score (nSPS) is 19.0. The van der Waals surface area contributed by atoms with Crippen LogP contribution in [0.2, 0.25) is 0 Å². The first-order chi connectivity index (χ1) is 11.9. The maximum atomic E-state index is 12.8. The summed E-state index contributed by atoms with van der Waals surface area (Å²) in [6.45, 7) is 4.67. The number of carbonyl (C=O) groups excluding carboxylic acids is 1. The molecule has 2 heterocycles. The van der Waals surface area contributed by atoms with Crippen molar-refractivity contribution < 1.29 is 13.2 Å². The van der Waals surface area contributed by atoms with E-state index in [1.54, 1.807) is 0 Å². The minimum absolute atomic E-state index is 0.0358. The molecule has 1 N–H and O–H groups in total. The quantitative estimate of drug-likeness (QED) is 0.804. The van der Waals surface area contributed by atoms with Gasteiger partial charge in [-0.3, -0.25) is 4.79 Å². The van der Waals surface area contributed by atoms with Crippen molar-refractivity contribution in [1.29, 1.82) is 0 Å². The van der Waals surface area contributed by atoms with Crippen LogP contribution in [0.1, 0.15) is 13.8 Å². The van der Waals surface area contributed by atoms with Crippen molar-refractivity contribution in [2.45, 2.75) is 24.2 Å². The molecule has 3 rings (SSSR count). The topological polar surface area (TPSA) is 95.5 Å². The Labute approximate surface area is 150 Å². The first kappa shape index (κ1) is 17.8. The van der Waals surface area contributed by atoms with Gasteiger partial charge in [-0.05, 0) is 19.1 Å². The Balaban J connectivity index is 1.74. The lowest BCUT2D eigenvalue weighted by Gasteiger charge is -2.40. The van der Waals surface area contributed by atoms with Crippen LogP contribution in [0.25, 0.3) is 0 Å². The van der Waals surface area contributed by atoms with E-state index in [1.807, 2.05) is 37.3 Å². The lowest BCUT2D eigenvalue weighted by atomic mass is 10.2. The van der Waals surface area contributed by atoms with Gasteiger partial charge in [-0.15, -0.1) is 10.2 Å². The van der Waals surface area contributed by atoms with E-state index < -0.39 is 10.0 Å². The molecule has 0 bridgehead atoms. The van der Waals surface area contributed by atoms with E-state index in [4.69, 9.17) is 0 Å². The smallest absolute Gasteiger partial charge is 0.272 e. The van der Waals surface area contributed by atoms with Crippen LogP contribution < -0.4 is 10.2 Å². The van der Waals surface area contributed by atoms with Crippen molar-refractivity contribution in [3.8, 4) is 0 Å². The molecule has 0 radical (unpaired) electrons. The van der Waals surface area contributed by atoms with Gasteiger partial charge in [0.25, 0.3) is 10.0 Å². The number of nitrogens with zero attached hydrogens (tertiary/aromatic N) is 4. The van der Waals surface area contributed by atoms with Crippen molar-refractivity contribution in [2.75, 3.05) is 29.9 Å². The summed E-state index contributed by atoms with van der Waals surface area (Å²) in [7, 11) is -3.72. The molecule has 1 amide bonds. The van der Waals surface area contributed by atoms with Gasteiger partial charge in [0.05, 0.1) is 0 Å². The number of amides is 1. The largest absolute Gasteiger partial charge is 0.366 e. The summed E-state index contributed by atoms with van der Waals surface area (Å²) in [5.74, 6) is -0.315. The Morgan fingerprint density at radius 1 is 1.24 bits per heavy atom. The lowest BCUT2D eigenvalue weighted by molar-refractivity contribution is -0.114. The zero-order valence-corrected chi connectivity index (χ0v) is 15.5. The zero-order valence-electron chi connectivity index (χ0n) is 13.9. The molecule has 1 saturated heterocycles. The number of para-hydroxylation sites is 1. The fourth-order valence-electron chi connectivity index (χ4n) is 2.77. The summed E-state index contributed by atoms with van der Waals surface area (Å²) in [5, 5.41) is 10.1. The van der Waals surface area contributed by atoms with Crippen molar-refractivity contribution in [3.05, 3.63) is 30.3 Å². The van der Waals surface area contributed by atoms with Gasteiger partial charge in [-0.1, -0.05) is 29.5 Å². The minimum atomic E-state index is -3.72. The molecule has 1 atom stereocenters. The van der Waals surface area contributed by atoms with E-state index in [0.29, 0.717) is 19.6 Å². The Bertz CT molecular complexity index is 853. The number of anilines is 2. The summed E-state index contributed by atoms with van der Waals surface area (Å²) < 4.78 is 26.9. The summed E-state index contributed by atoms with van der Waals surface area (Å²) in [6.07, 6.45) is 0. The molecule has 8 nitrogen and oxygen atoms in total. The van der Waals surface area contributed by atoms with Crippen LogP contribution in [-0.4, -0.2) is 54.5 Å². The standard InChI is InChI=1S/C15H19N5O3S2/c1-11-10-19(8-9-20(11)13-6-4-3-5-7-13)25(22,23)15-18-17-14(24-15)16-12(2)21/h3-7,11H,8-10H2,1-2H3,(H,16,17,21). The Morgan fingerprint density at radius 2 is 1.96 bits per heavy atom. The maximum absolute atomic E-state index is 12.8. The van der Waals surface area contributed by atoms with E-state index >= 15 is 0 Å².